The van der Waals surface area contributed by atoms with Gasteiger partial charge in [-0.3, -0.25) is 5.10 Å². The van der Waals surface area contributed by atoms with Gasteiger partial charge >= 0.3 is 0 Å². The molecule has 0 aliphatic heterocycles. The third-order valence-electron chi connectivity index (χ3n) is 2.32. The highest BCUT2D eigenvalue weighted by Crippen LogP contribution is 2.25. The van der Waals surface area contributed by atoms with Crippen LogP contribution in [0, 0.1) is 11.6 Å². The summed E-state index contributed by atoms with van der Waals surface area (Å²) in [6.45, 7) is 5.97. The number of aromatic nitrogens is 2. The molecule has 2 rings (SSSR count). The number of halogens is 2. The van der Waals surface area contributed by atoms with Crippen molar-refractivity contribution in [1.29, 1.82) is 0 Å². The Kier molecular flexibility index (Phi) is 3.07. The van der Waals surface area contributed by atoms with E-state index in [9.17, 15) is 8.78 Å². The van der Waals surface area contributed by atoms with Gasteiger partial charge in [0.1, 0.15) is 5.82 Å². The van der Waals surface area contributed by atoms with Crippen LogP contribution in [0.5, 0.6) is 0 Å². The van der Waals surface area contributed by atoms with Crippen molar-refractivity contribution in [3.63, 3.8) is 0 Å². The predicted octanol–water partition coefficient (Wildman–Crippen LogP) is 3.57. The molecule has 0 amide bonds. The number of benzene rings is 1. The van der Waals surface area contributed by atoms with Crippen molar-refractivity contribution in [2.75, 3.05) is 5.32 Å². The normalized spacial score (nSPS) is 11.6. The summed E-state index contributed by atoms with van der Waals surface area (Å²) in [6.07, 6.45) is 0. The van der Waals surface area contributed by atoms with Gasteiger partial charge in [0.2, 0.25) is 0 Å². The van der Waals surface area contributed by atoms with Crippen LogP contribution in [-0.2, 0) is 0 Å². The number of hydrogen-bond acceptors (Lipinski definition) is 2. The molecular weight excluding hydrogens is 236 g/mol. The Morgan fingerprint density at radius 3 is 2.61 bits per heavy atom. The number of nitrogens with zero attached hydrogens (tertiary/aromatic N) is 1. The van der Waals surface area contributed by atoms with E-state index in [2.05, 4.69) is 15.5 Å². The molecule has 0 unspecified atom stereocenters. The Hall–Kier alpha value is -1.91. The molecule has 1 aromatic carbocycles. The molecule has 0 fully saturated rings. The first-order valence-corrected chi connectivity index (χ1v) is 5.65. The van der Waals surface area contributed by atoms with Gasteiger partial charge in [-0.15, -0.1) is 0 Å². The van der Waals surface area contributed by atoms with Crippen molar-refractivity contribution in [3.8, 4) is 11.3 Å². The summed E-state index contributed by atoms with van der Waals surface area (Å²) in [7, 11) is 0. The van der Waals surface area contributed by atoms with Crippen LogP contribution in [0.4, 0.5) is 14.6 Å². The molecule has 5 heteroatoms. The van der Waals surface area contributed by atoms with Crippen LogP contribution in [0.25, 0.3) is 11.3 Å². The van der Waals surface area contributed by atoms with E-state index in [1.54, 1.807) is 6.07 Å². The average molecular weight is 251 g/mol. The van der Waals surface area contributed by atoms with Crippen molar-refractivity contribution in [2.45, 2.75) is 26.3 Å². The van der Waals surface area contributed by atoms with E-state index in [1.165, 1.54) is 12.1 Å². The average Bonchev–Trinajstić information content (AvgIpc) is 2.68. The largest absolute Gasteiger partial charge is 0.364 e. The molecule has 0 saturated carbocycles. The maximum atomic E-state index is 13.6. The first-order valence-electron chi connectivity index (χ1n) is 5.65. The zero-order valence-electron chi connectivity index (χ0n) is 10.5. The molecule has 0 saturated heterocycles. The van der Waals surface area contributed by atoms with Gasteiger partial charge in [0, 0.05) is 17.2 Å². The molecule has 0 spiro atoms. The lowest BCUT2D eigenvalue weighted by molar-refractivity contribution is 0.511. The Morgan fingerprint density at radius 2 is 1.94 bits per heavy atom. The number of H-pyrrole nitrogens is 1. The van der Waals surface area contributed by atoms with Gasteiger partial charge in [-0.25, -0.2) is 8.78 Å². The summed E-state index contributed by atoms with van der Waals surface area (Å²) in [5.41, 5.74) is 0.468. The number of hydrogen-bond donors (Lipinski definition) is 2. The highest BCUT2D eigenvalue weighted by molar-refractivity contribution is 5.63. The van der Waals surface area contributed by atoms with Crippen LogP contribution in [-0.4, -0.2) is 15.7 Å². The standard InChI is InChI=1S/C13H15F2N3/c1-13(2,3)16-11-7-10(17-18-11)8-5-4-6-9(14)12(8)15/h4-7H,1-3H3,(H2,16,17,18). The van der Waals surface area contributed by atoms with Gasteiger partial charge in [-0.2, -0.15) is 5.10 Å². The van der Waals surface area contributed by atoms with Crippen LogP contribution < -0.4 is 5.32 Å². The van der Waals surface area contributed by atoms with E-state index in [-0.39, 0.29) is 11.1 Å². The fourth-order valence-electron chi connectivity index (χ4n) is 1.62. The summed E-state index contributed by atoms with van der Waals surface area (Å²) in [4.78, 5) is 0. The van der Waals surface area contributed by atoms with Gasteiger partial charge in [0.05, 0.1) is 5.69 Å². The quantitative estimate of drug-likeness (QED) is 0.856. The molecule has 1 aromatic heterocycles. The Labute approximate surface area is 104 Å². The SMILES string of the molecule is CC(C)(C)Nc1cc(-c2cccc(F)c2F)[nH]n1. The molecule has 18 heavy (non-hydrogen) atoms. The molecule has 0 bridgehead atoms. The van der Waals surface area contributed by atoms with Gasteiger partial charge in [0.25, 0.3) is 0 Å². The summed E-state index contributed by atoms with van der Waals surface area (Å²) < 4.78 is 26.7. The number of nitrogens with one attached hydrogen (secondary N) is 2. The molecule has 0 aliphatic carbocycles. The summed E-state index contributed by atoms with van der Waals surface area (Å²) in [6, 6.07) is 5.71. The highest BCUT2D eigenvalue weighted by Gasteiger charge is 2.15. The van der Waals surface area contributed by atoms with E-state index < -0.39 is 11.6 Å². The van der Waals surface area contributed by atoms with Crippen molar-refractivity contribution < 1.29 is 8.78 Å². The number of aromatic amines is 1. The van der Waals surface area contributed by atoms with Crippen molar-refractivity contribution in [3.05, 3.63) is 35.9 Å². The van der Waals surface area contributed by atoms with Crippen molar-refractivity contribution in [1.82, 2.24) is 10.2 Å². The second-order valence-electron chi connectivity index (χ2n) is 5.14. The molecule has 96 valence electrons. The third-order valence-corrected chi connectivity index (χ3v) is 2.32. The Morgan fingerprint density at radius 1 is 1.22 bits per heavy atom. The van der Waals surface area contributed by atoms with Crippen LogP contribution in [0.1, 0.15) is 20.8 Å². The molecule has 2 N–H and O–H groups in total. The zero-order valence-corrected chi connectivity index (χ0v) is 10.5. The maximum Gasteiger partial charge on any atom is 0.168 e. The van der Waals surface area contributed by atoms with Crippen molar-refractivity contribution in [2.24, 2.45) is 0 Å². The second-order valence-corrected chi connectivity index (χ2v) is 5.14. The lowest BCUT2D eigenvalue weighted by Gasteiger charge is -2.19. The Bertz CT molecular complexity index is 556. The van der Waals surface area contributed by atoms with Crippen LogP contribution >= 0.6 is 0 Å². The molecule has 0 radical (unpaired) electrons. The number of anilines is 1. The molecule has 2 aromatic rings. The fraction of sp³-hybridized carbons (Fsp3) is 0.308. The molecule has 0 atom stereocenters. The van der Waals surface area contributed by atoms with Crippen LogP contribution in [0.15, 0.2) is 24.3 Å². The highest BCUT2D eigenvalue weighted by atomic mass is 19.2. The first-order chi connectivity index (χ1) is 8.37. The summed E-state index contributed by atoms with van der Waals surface area (Å²) in [5, 5.41) is 9.86. The molecule has 3 nitrogen and oxygen atoms in total. The molecule has 1 heterocycles. The monoisotopic (exact) mass is 251 g/mol. The van der Waals surface area contributed by atoms with Gasteiger partial charge in [-0.1, -0.05) is 6.07 Å². The summed E-state index contributed by atoms with van der Waals surface area (Å²) in [5.74, 6) is -1.14. The zero-order chi connectivity index (χ0) is 13.3. The smallest absolute Gasteiger partial charge is 0.168 e. The van der Waals surface area contributed by atoms with E-state index in [0.29, 0.717) is 11.5 Å². The van der Waals surface area contributed by atoms with Crippen molar-refractivity contribution >= 4 is 5.82 Å². The minimum absolute atomic E-state index is 0.146. The topological polar surface area (TPSA) is 40.7 Å². The maximum absolute atomic E-state index is 13.6. The lowest BCUT2D eigenvalue weighted by atomic mass is 10.1. The van der Waals surface area contributed by atoms with Gasteiger partial charge < -0.3 is 5.32 Å². The number of rotatable bonds is 2. The van der Waals surface area contributed by atoms with E-state index in [0.717, 1.165) is 6.07 Å². The molecule has 0 aliphatic rings. The van der Waals surface area contributed by atoms with E-state index in [1.807, 2.05) is 20.8 Å². The predicted molar refractivity (Wildman–Crippen MR) is 67.3 cm³/mol. The minimum atomic E-state index is -0.872. The first kappa shape index (κ1) is 12.5. The minimum Gasteiger partial charge on any atom is -0.364 e. The van der Waals surface area contributed by atoms with Crippen LogP contribution in [0.2, 0.25) is 0 Å². The summed E-state index contributed by atoms with van der Waals surface area (Å²) >= 11 is 0. The second kappa shape index (κ2) is 4.40. The van der Waals surface area contributed by atoms with Gasteiger partial charge in [0.15, 0.2) is 11.6 Å². The van der Waals surface area contributed by atoms with Crippen LogP contribution in [0.3, 0.4) is 0 Å². The van der Waals surface area contributed by atoms with Gasteiger partial charge in [-0.05, 0) is 32.9 Å². The van der Waals surface area contributed by atoms with E-state index in [4.69, 9.17) is 0 Å². The van der Waals surface area contributed by atoms with E-state index >= 15 is 0 Å². The molecular formula is C13H15F2N3. The third kappa shape index (κ3) is 2.67. The lowest BCUT2D eigenvalue weighted by Crippen LogP contribution is -2.26. The fourth-order valence-corrected chi connectivity index (χ4v) is 1.62. The Balaban J connectivity index is 2.33.